The zero-order chi connectivity index (χ0) is 17.9. The summed E-state index contributed by atoms with van der Waals surface area (Å²) < 4.78 is 7.54. The Morgan fingerprint density at radius 3 is 2.69 bits per heavy atom. The normalized spacial score (nSPS) is 17.8. The zero-order valence-electron chi connectivity index (χ0n) is 15.3. The van der Waals surface area contributed by atoms with Crippen molar-refractivity contribution in [2.75, 3.05) is 26.7 Å². The van der Waals surface area contributed by atoms with E-state index in [1.165, 1.54) is 37.1 Å². The molecule has 0 unspecified atom stereocenters. The predicted octanol–water partition coefficient (Wildman–Crippen LogP) is 2.37. The Kier molecular flexibility index (Phi) is 4.91. The van der Waals surface area contributed by atoms with Crippen LogP contribution >= 0.6 is 0 Å². The predicted molar refractivity (Wildman–Crippen MR) is 98.6 cm³/mol. The van der Waals surface area contributed by atoms with Crippen molar-refractivity contribution in [3.63, 3.8) is 0 Å². The van der Waals surface area contributed by atoms with Gasteiger partial charge in [0.15, 0.2) is 5.69 Å². The summed E-state index contributed by atoms with van der Waals surface area (Å²) in [4.78, 5) is 4.92. The van der Waals surface area contributed by atoms with E-state index in [-0.39, 0.29) is 0 Å². The molecule has 0 amide bonds. The monoisotopic (exact) mass is 351 g/mol. The summed E-state index contributed by atoms with van der Waals surface area (Å²) in [6.07, 6.45) is 2.60. The number of nitriles is 1. The SMILES string of the molecule is COc1ccc(CN2CCn3nc(C#N)cc3C2)cc1CN1CCCC1. The molecule has 136 valence electrons. The highest BCUT2D eigenvalue weighted by Crippen LogP contribution is 2.25. The van der Waals surface area contributed by atoms with E-state index >= 15 is 0 Å². The summed E-state index contributed by atoms with van der Waals surface area (Å²) in [5.41, 5.74) is 4.23. The molecule has 0 atom stereocenters. The van der Waals surface area contributed by atoms with Crippen molar-refractivity contribution in [2.45, 2.75) is 39.0 Å². The molecular formula is C20H25N5O. The van der Waals surface area contributed by atoms with E-state index in [9.17, 15) is 0 Å². The van der Waals surface area contributed by atoms with E-state index in [0.29, 0.717) is 5.69 Å². The molecule has 6 heteroatoms. The van der Waals surface area contributed by atoms with Crippen LogP contribution in [0, 0.1) is 11.3 Å². The third-order valence-corrected chi connectivity index (χ3v) is 5.34. The minimum Gasteiger partial charge on any atom is -0.496 e. The number of aromatic nitrogens is 2. The van der Waals surface area contributed by atoms with Gasteiger partial charge in [0, 0.05) is 31.7 Å². The van der Waals surface area contributed by atoms with Crippen molar-refractivity contribution in [1.29, 1.82) is 5.26 Å². The van der Waals surface area contributed by atoms with Gasteiger partial charge < -0.3 is 4.74 Å². The molecule has 1 fully saturated rings. The number of nitrogens with zero attached hydrogens (tertiary/aromatic N) is 5. The third kappa shape index (κ3) is 3.59. The van der Waals surface area contributed by atoms with Crippen molar-refractivity contribution in [1.82, 2.24) is 19.6 Å². The largest absolute Gasteiger partial charge is 0.496 e. The average Bonchev–Trinajstić information content (AvgIpc) is 3.31. The molecule has 0 bridgehead atoms. The first-order valence-electron chi connectivity index (χ1n) is 9.32. The number of ether oxygens (including phenoxy) is 1. The van der Waals surface area contributed by atoms with E-state index in [1.54, 1.807) is 7.11 Å². The number of hydrogen-bond acceptors (Lipinski definition) is 5. The second-order valence-electron chi connectivity index (χ2n) is 7.20. The first-order chi connectivity index (χ1) is 12.7. The number of hydrogen-bond donors (Lipinski definition) is 0. The Morgan fingerprint density at radius 2 is 1.92 bits per heavy atom. The maximum atomic E-state index is 9.03. The molecule has 2 aliphatic heterocycles. The van der Waals surface area contributed by atoms with Gasteiger partial charge in [0.1, 0.15) is 11.8 Å². The van der Waals surface area contributed by atoms with Crippen molar-refractivity contribution in [2.24, 2.45) is 0 Å². The van der Waals surface area contributed by atoms with E-state index in [1.807, 2.05) is 10.7 Å². The van der Waals surface area contributed by atoms with Crippen LogP contribution < -0.4 is 4.74 Å². The molecule has 4 rings (SSSR count). The quantitative estimate of drug-likeness (QED) is 0.828. The van der Waals surface area contributed by atoms with E-state index < -0.39 is 0 Å². The lowest BCUT2D eigenvalue weighted by Crippen LogP contribution is -2.33. The number of rotatable bonds is 5. The van der Waals surface area contributed by atoms with Gasteiger partial charge in [0.05, 0.1) is 19.3 Å². The van der Waals surface area contributed by atoms with E-state index in [0.717, 1.165) is 44.2 Å². The molecular weight excluding hydrogens is 326 g/mol. The molecule has 0 spiro atoms. The zero-order valence-corrected chi connectivity index (χ0v) is 15.3. The first-order valence-corrected chi connectivity index (χ1v) is 9.32. The fourth-order valence-electron chi connectivity index (χ4n) is 4.00. The molecule has 0 saturated carbocycles. The van der Waals surface area contributed by atoms with Gasteiger partial charge in [0.25, 0.3) is 0 Å². The topological polar surface area (TPSA) is 57.3 Å². The lowest BCUT2D eigenvalue weighted by Gasteiger charge is -2.28. The van der Waals surface area contributed by atoms with Crippen LogP contribution in [-0.2, 0) is 26.2 Å². The van der Waals surface area contributed by atoms with Crippen molar-refractivity contribution in [3.05, 3.63) is 46.8 Å². The minimum absolute atomic E-state index is 0.513. The minimum atomic E-state index is 0.513. The highest BCUT2D eigenvalue weighted by atomic mass is 16.5. The number of fused-ring (bicyclic) bond motifs is 1. The van der Waals surface area contributed by atoms with Gasteiger partial charge in [-0.2, -0.15) is 10.4 Å². The van der Waals surface area contributed by atoms with E-state index in [4.69, 9.17) is 10.00 Å². The molecule has 0 radical (unpaired) electrons. The summed E-state index contributed by atoms with van der Waals surface area (Å²) >= 11 is 0. The fourth-order valence-corrected chi connectivity index (χ4v) is 4.00. The van der Waals surface area contributed by atoms with Crippen LogP contribution in [0.2, 0.25) is 0 Å². The molecule has 26 heavy (non-hydrogen) atoms. The summed E-state index contributed by atoms with van der Waals surface area (Å²) in [5.74, 6) is 0.982. The highest BCUT2D eigenvalue weighted by molar-refractivity contribution is 5.37. The lowest BCUT2D eigenvalue weighted by molar-refractivity contribution is 0.205. The molecule has 0 N–H and O–H groups in total. The van der Waals surface area contributed by atoms with Gasteiger partial charge in [-0.15, -0.1) is 0 Å². The third-order valence-electron chi connectivity index (χ3n) is 5.34. The number of likely N-dealkylation sites (tertiary alicyclic amines) is 1. The molecule has 6 nitrogen and oxygen atoms in total. The van der Waals surface area contributed by atoms with Gasteiger partial charge in [0.2, 0.25) is 0 Å². The summed E-state index contributed by atoms with van der Waals surface area (Å²) in [6, 6.07) is 10.6. The van der Waals surface area contributed by atoms with Crippen molar-refractivity contribution in [3.8, 4) is 11.8 Å². The van der Waals surface area contributed by atoms with Crippen LogP contribution in [0.5, 0.6) is 5.75 Å². The van der Waals surface area contributed by atoms with Crippen LogP contribution in [0.3, 0.4) is 0 Å². The van der Waals surface area contributed by atoms with Crippen LogP contribution in [-0.4, -0.2) is 46.3 Å². The standard InChI is InChI=1S/C20H25N5O/c1-26-20-5-4-16(10-17(20)14-23-6-2-3-7-23)13-24-8-9-25-19(15-24)11-18(12-21)22-25/h4-5,10-11H,2-3,6-9,13-15H2,1H3. The highest BCUT2D eigenvalue weighted by Gasteiger charge is 2.19. The second-order valence-corrected chi connectivity index (χ2v) is 7.20. The number of benzene rings is 1. The lowest BCUT2D eigenvalue weighted by atomic mass is 10.1. The Morgan fingerprint density at radius 1 is 1.08 bits per heavy atom. The Labute approximate surface area is 154 Å². The van der Waals surface area contributed by atoms with E-state index in [2.05, 4.69) is 39.2 Å². The first kappa shape index (κ1) is 17.1. The maximum absolute atomic E-state index is 9.03. The van der Waals surface area contributed by atoms with Gasteiger partial charge in [-0.3, -0.25) is 14.5 Å². The molecule has 1 aromatic carbocycles. The Hall–Kier alpha value is -2.36. The van der Waals surface area contributed by atoms with Gasteiger partial charge >= 0.3 is 0 Å². The van der Waals surface area contributed by atoms with Crippen molar-refractivity contribution >= 4 is 0 Å². The maximum Gasteiger partial charge on any atom is 0.162 e. The van der Waals surface area contributed by atoms with Gasteiger partial charge in [-0.1, -0.05) is 6.07 Å². The molecule has 2 aromatic rings. The number of methoxy groups -OCH3 is 1. The van der Waals surface area contributed by atoms with Crippen LogP contribution in [0.4, 0.5) is 0 Å². The summed E-state index contributed by atoms with van der Waals surface area (Å²) in [7, 11) is 1.75. The molecule has 0 aliphatic carbocycles. The molecule has 3 heterocycles. The van der Waals surface area contributed by atoms with Crippen LogP contribution in [0.25, 0.3) is 0 Å². The van der Waals surface area contributed by atoms with Crippen LogP contribution in [0.1, 0.15) is 35.4 Å². The van der Waals surface area contributed by atoms with Crippen molar-refractivity contribution < 1.29 is 4.74 Å². The molecule has 1 saturated heterocycles. The summed E-state index contributed by atoms with van der Waals surface area (Å²) in [6.45, 7) is 6.87. The van der Waals surface area contributed by atoms with Gasteiger partial charge in [-0.05, 0) is 49.7 Å². The van der Waals surface area contributed by atoms with Crippen LogP contribution in [0.15, 0.2) is 24.3 Å². The second kappa shape index (κ2) is 7.48. The molecule has 2 aliphatic rings. The fraction of sp³-hybridized carbons (Fsp3) is 0.500. The molecule has 1 aromatic heterocycles. The summed E-state index contributed by atoms with van der Waals surface area (Å²) in [5, 5.41) is 13.3. The Bertz CT molecular complexity index is 816. The Balaban J connectivity index is 1.47. The van der Waals surface area contributed by atoms with Gasteiger partial charge in [-0.25, -0.2) is 0 Å². The average molecular weight is 351 g/mol. The smallest absolute Gasteiger partial charge is 0.162 e.